The lowest BCUT2D eigenvalue weighted by atomic mass is 10.2. The Morgan fingerprint density at radius 2 is 2.00 bits per heavy atom. The average Bonchev–Trinajstić information content (AvgIpc) is 3.01. The van der Waals surface area contributed by atoms with Crippen LogP contribution in [0.1, 0.15) is 25.1 Å². The van der Waals surface area contributed by atoms with Gasteiger partial charge < -0.3 is 14.6 Å². The summed E-state index contributed by atoms with van der Waals surface area (Å²) in [6.07, 6.45) is 4.32. The van der Waals surface area contributed by atoms with Gasteiger partial charge in [0.2, 0.25) is 0 Å². The molecular weight excluding hydrogens is 386 g/mol. The number of para-hydroxylation sites is 2. The second-order valence-electron chi connectivity index (χ2n) is 7.04. The van der Waals surface area contributed by atoms with E-state index in [2.05, 4.69) is 20.1 Å². The number of fused-ring (bicyclic) bond motifs is 1. The standard InChI is InChI=1S/C21H21N5O4/c27-20(14-30-18-10-4-3-9-17(18)26(28)29)22-16-8-6-7-15(13-16)21-24-23-19-11-2-1-5-12-25(19)21/h3-4,6-10,13H,1-2,5,11-12,14H2,(H,22,27). The van der Waals surface area contributed by atoms with Crippen LogP contribution in [0.4, 0.5) is 11.4 Å². The summed E-state index contributed by atoms with van der Waals surface area (Å²) < 4.78 is 7.49. The number of nitrogens with zero attached hydrogens (tertiary/aromatic N) is 4. The van der Waals surface area contributed by atoms with Crippen molar-refractivity contribution in [3.63, 3.8) is 0 Å². The van der Waals surface area contributed by atoms with Crippen LogP contribution >= 0.6 is 0 Å². The monoisotopic (exact) mass is 407 g/mol. The van der Waals surface area contributed by atoms with Gasteiger partial charge in [0.15, 0.2) is 18.2 Å². The molecule has 0 atom stereocenters. The third-order valence-corrected chi connectivity index (χ3v) is 4.93. The Labute approximate surface area is 172 Å². The van der Waals surface area contributed by atoms with Crippen LogP contribution in [0.2, 0.25) is 0 Å². The zero-order chi connectivity index (χ0) is 20.9. The molecule has 1 N–H and O–H groups in total. The topological polar surface area (TPSA) is 112 Å². The molecule has 3 aromatic rings. The number of carbonyl (C=O) groups is 1. The number of aryl methyl sites for hydroxylation is 1. The van der Waals surface area contributed by atoms with Gasteiger partial charge >= 0.3 is 5.69 Å². The van der Waals surface area contributed by atoms with E-state index in [1.54, 1.807) is 18.2 Å². The number of nitro groups is 1. The summed E-state index contributed by atoms with van der Waals surface area (Å²) in [5.74, 6) is 1.43. The predicted molar refractivity (Wildman–Crippen MR) is 110 cm³/mol. The van der Waals surface area contributed by atoms with Crippen molar-refractivity contribution in [2.75, 3.05) is 11.9 Å². The van der Waals surface area contributed by atoms with Crippen LogP contribution in [-0.4, -0.2) is 32.2 Å². The third kappa shape index (κ3) is 4.29. The van der Waals surface area contributed by atoms with E-state index in [4.69, 9.17) is 4.74 Å². The molecular formula is C21H21N5O4. The van der Waals surface area contributed by atoms with E-state index < -0.39 is 10.8 Å². The van der Waals surface area contributed by atoms with E-state index in [1.165, 1.54) is 18.6 Å². The number of rotatable bonds is 6. The lowest BCUT2D eigenvalue weighted by molar-refractivity contribution is -0.385. The summed E-state index contributed by atoms with van der Waals surface area (Å²) in [6.45, 7) is 0.549. The number of hydrogen-bond donors (Lipinski definition) is 1. The first-order valence-corrected chi connectivity index (χ1v) is 9.80. The molecule has 1 aliphatic rings. The fourth-order valence-electron chi connectivity index (χ4n) is 3.51. The lowest BCUT2D eigenvalue weighted by Crippen LogP contribution is -2.20. The number of ether oxygens (including phenoxy) is 1. The molecule has 0 aliphatic carbocycles. The highest BCUT2D eigenvalue weighted by molar-refractivity contribution is 5.92. The average molecular weight is 407 g/mol. The first-order chi connectivity index (χ1) is 14.6. The maximum Gasteiger partial charge on any atom is 0.310 e. The van der Waals surface area contributed by atoms with Crippen molar-refractivity contribution >= 4 is 17.3 Å². The van der Waals surface area contributed by atoms with Crippen LogP contribution in [0.15, 0.2) is 48.5 Å². The number of anilines is 1. The minimum atomic E-state index is -0.543. The van der Waals surface area contributed by atoms with E-state index in [0.29, 0.717) is 5.69 Å². The molecule has 0 bridgehead atoms. The van der Waals surface area contributed by atoms with Gasteiger partial charge in [-0.15, -0.1) is 10.2 Å². The molecule has 0 saturated heterocycles. The second kappa shape index (κ2) is 8.73. The largest absolute Gasteiger partial charge is 0.477 e. The molecule has 1 aliphatic heterocycles. The van der Waals surface area contributed by atoms with Gasteiger partial charge in [-0.2, -0.15) is 0 Å². The molecule has 30 heavy (non-hydrogen) atoms. The van der Waals surface area contributed by atoms with Crippen LogP contribution in [0.25, 0.3) is 11.4 Å². The van der Waals surface area contributed by atoms with Crippen LogP contribution < -0.4 is 10.1 Å². The Kier molecular flexibility index (Phi) is 5.69. The third-order valence-electron chi connectivity index (χ3n) is 4.93. The SMILES string of the molecule is O=C(COc1ccccc1[N+](=O)[O-])Nc1cccc(-c2nnc3n2CCCCC3)c1. The van der Waals surface area contributed by atoms with E-state index in [9.17, 15) is 14.9 Å². The Morgan fingerprint density at radius 3 is 2.87 bits per heavy atom. The first-order valence-electron chi connectivity index (χ1n) is 9.80. The van der Waals surface area contributed by atoms with Crippen LogP contribution in [0, 0.1) is 10.1 Å². The van der Waals surface area contributed by atoms with E-state index in [-0.39, 0.29) is 18.0 Å². The fourth-order valence-corrected chi connectivity index (χ4v) is 3.51. The number of amides is 1. The molecule has 4 rings (SSSR count). The zero-order valence-corrected chi connectivity index (χ0v) is 16.3. The number of nitrogens with one attached hydrogen (secondary N) is 1. The summed E-state index contributed by atoms with van der Waals surface area (Å²) in [4.78, 5) is 22.8. The van der Waals surface area contributed by atoms with Gasteiger partial charge in [0.05, 0.1) is 4.92 Å². The molecule has 0 unspecified atom stereocenters. The molecule has 2 heterocycles. The summed E-state index contributed by atoms with van der Waals surface area (Å²) in [7, 11) is 0. The van der Waals surface area contributed by atoms with Gasteiger partial charge in [0.1, 0.15) is 5.82 Å². The van der Waals surface area contributed by atoms with Gasteiger partial charge in [-0.1, -0.05) is 30.7 Å². The normalized spacial score (nSPS) is 13.2. The molecule has 2 aromatic carbocycles. The smallest absolute Gasteiger partial charge is 0.310 e. The Balaban J connectivity index is 1.45. The van der Waals surface area contributed by atoms with Crippen molar-refractivity contribution in [2.45, 2.75) is 32.2 Å². The molecule has 9 heteroatoms. The number of benzene rings is 2. The van der Waals surface area contributed by atoms with Gasteiger partial charge in [-0.25, -0.2) is 0 Å². The molecule has 1 aromatic heterocycles. The van der Waals surface area contributed by atoms with Crippen LogP contribution in [0.5, 0.6) is 5.75 Å². The first kappa shape index (κ1) is 19.6. The summed E-state index contributed by atoms with van der Waals surface area (Å²) in [5, 5.41) is 22.5. The molecule has 0 spiro atoms. The Bertz CT molecular complexity index is 1080. The van der Waals surface area contributed by atoms with Crippen molar-refractivity contribution in [2.24, 2.45) is 0 Å². The molecule has 154 valence electrons. The maximum atomic E-state index is 12.3. The lowest BCUT2D eigenvalue weighted by Gasteiger charge is -2.10. The number of carbonyl (C=O) groups excluding carboxylic acids is 1. The number of nitro benzene ring substituents is 1. The van der Waals surface area contributed by atoms with E-state index in [0.717, 1.165) is 43.0 Å². The van der Waals surface area contributed by atoms with Gasteiger partial charge in [-0.05, 0) is 31.0 Å². The van der Waals surface area contributed by atoms with Crippen molar-refractivity contribution in [1.82, 2.24) is 14.8 Å². The molecule has 9 nitrogen and oxygen atoms in total. The van der Waals surface area contributed by atoms with E-state index >= 15 is 0 Å². The van der Waals surface area contributed by atoms with Gasteiger partial charge in [-0.3, -0.25) is 14.9 Å². The minimum absolute atomic E-state index is 0.0533. The highest BCUT2D eigenvalue weighted by Crippen LogP contribution is 2.26. The van der Waals surface area contributed by atoms with Crippen LogP contribution in [-0.2, 0) is 17.8 Å². The molecule has 1 amide bonds. The minimum Gasteiger partial charge on any atom is -0.477 e. The highest BCUT2D eigenvalue weighted by atomic mass is 16.6. The molecule has 0 fully saturated rings. The fraction of sp³-hybridized carbons (Fsp3) is 0.286. The Hall–Kier alpha value is -3.75. The van der Waals surface area contributed by atoms with Crippen molar-refractivity contribution in [3.8, 4) is 17.1 Å². The van der Waals surface area contributed by atoms with Crippen molar-refractivity contribution < 1.29 is 14.5 Å². The number of hydrogen-bond acceptors (Lipinski definition) is 6. The van der Waals surface area contributed by atoms with Gasteiger partial charge in [0, 0.05) is 30.3 Å². The van der Waals surface area contributed by atoms with Crippen LogP contribution in [0.3, 0.4) is 0 Å². The van der Waals surface area contributed by atoms with E-state index in [1.807, 2.05) is 18.2 Å². The molecule has 0 radical (unpaired) electrons. The second-order valence-corrected chi connectivity index (χ2v) is 7.04. The molecule has 0 saturated carbocycles. The maximum absolute atomic E-state index is 12.3. The summed E-state index contributed by atoms with van der Waals surface area (Å²) in [6, 6.07) is 13.3. The predicted octanol–water partition coefficient (Wildman–Crippen LogP) is 3.60. The van der Waals surface area contributed by atoms with Gasteiger partial charge in [0.25, 0.3) is 5.91 Å². The quantitative estimate of drug-likeness (QED) is 0.494. The summed E-state index contributed by atoms with van der Waals surface area (Å²) in [5.41, 5.74) is 1.28. The zero-order valence-electron chi connectivity index (χ0n) is 16.3. The van der Waals surface area contributed by atoms with Crippen molar-refractivity contribution in [1.29, 1.82) is 0 Å². The number of aromatic nitrogens is 3. The Morgan fingerprint density at radius 1 is 1.13 bits per heavy atom. The highest BCUT2D eigenvalue weighted by Gasteiger charge is 2.17. The van der Waals surface area contributed by atoms with Crippen molar-refractivity contribution in [3.05, 3.63) is 64.5 Å². The summed E-state index contributed by atoms with van der Waals surface area (Å²) >= 11 is 0.